The van der Waals surface area contributed by atoms with Gasteiger partial charge in [-0.1, -0.05) is 28.1 Å². The number of nitriles is 1. The summed E-state index contributed by atoms with van der Waals surface area (Å²) in [5.74, 6) is -0.382. The number of anilines is 1. The van der Waals surface area contributed by atoms with Crippen LogP contribution in [0.15, 0.2) is 47.1 Å². The maximum Gasteiger partial charge on any atom is 0.171 e. The number of nitrogens with zero attached hydrogens (tertiary/aromatic N) is 6. The van der Waals surface area contributed by atoms with Gasteiger partial charge in [-0.15, -0.1) is 0 Å². The van der Waals surface area contributed by atoms with Gasteiger partial charge in [-0.25, -0.2) is 8.91 Å². The zero-order valence-electron chi connectivity index (χ0n) is 18.1. The molecular weight excluding hydrogens is 471 g/mol. The third-order valence-corrected chi connectivity index (χ3v) is 7.30. The standard InChI is InChI=1S/C24H26BrFN6/c1-17-14-30(23-7-6-20(12-27)32-24(23)22(26)13-28-32)16-21-15-29(10-11-31(17)21)9-8-18-2-4-19(25)5-3-18/h2-7,13,17,21H,8-11,14-16H2,1H3. The van der Waals surface area contributed by atoms with E-state index in [0.29, 0.717) is 23.3 Å². The van der Waals surface area contributed by atoms with Gasteiger partial charge in [-0.3, -0.25) is 4.90 Å². The van der Waals surface area contributed by atoms with Gasteiger partial charge in [0.15, 0.2) is 5.82 Å². The lowest BCUT2D eigenvalue weighted by atomic mass is 10.0. The molecule has 0 aliphatic carbocycles. The molecule has 2 unspecified atom stereocenters. The molecule has 166 valence electrons. The summed E-state index contributed by atoms with van der Waals surface area (Å²) in [7, 11) is 0. The molecule has 32 heavy (non-hydrogen) atoms. The summed E-state index contributed by atoms with van der Waals surface area (Å²) < 4.78 is 17.1. The minimum absolute atomic E-state index is 0.344. The number of hydrogen-bond acceptors (Lipinski definition) is 5. The highest BCUT2D eigenvalue weighted by Gasteiger charge is 2.36. The second kappa shape index (κ2) is 8.81. The van der Waals surface area contributed by atoms with Gasteiger partial charge in [0.2, 0.25) is 0 Å². The fourth-order valence-electron chi connectivity index (χ4n) is 5.16. The van der Waals surface area contributed by atoms with Crippen LogP contribution in [-0.4, -0.2) is 70.8 Å². The number of rotatable bonds is 4. The normalized spacial score (nSPS) is 22.1. The predicted octanol–water partition coefficient (Wildman–Crippen LogP) is 3.54. The van der Waals surface area contributed by atoms with E-state index in [4.69, 9.17) is 0 Å². The molecular formula is C24H26BrFN6. The Bertz CT molecular complexity index is 1150. The summed E-state index contributed by atoms with van der Waals surface area (Å²) in [6, 6.07) is 15.0. The molecule has 1 aromatic carbocycles. The van der Waals surface area contributed by atoms with Gasteiger partial charge in [-0.2, -0.15) is 10.4 Å². The first kappa shape index (κ1) is 21.4. The molecule has 0 radical (unpaired) electrons. The van der Waals surface area contributed by atoms with E-state index in [9.17, 15) is 9.65 Å². The maximum atomic E-state index is 14.6. The lowest BCUT2D eigenvalue weighted by Crippen LogP contribution is -2.65. The van der Waals surface area contributed by atoms with Crippen LogP contribution >= 0.6 is 15.9 Å². The van der Waals surface area contributed by atoms with Crippen LogP contribution < -0.4 is 4.90 Å². The van der Waals surface area contributed by atoms with E-state index >= 15 is 0 Å². The van der Waals surface area contributed by atoms with Gasteiger partial charge in [0.25, 0.3) is 0 Å². The number of benzene rings is 1. The van der Waals surface area contributed by atoms with Crippen molar-refractivity contribution in [2.75, 3.05) is 44.2 Å². The third kappa shape index (κ3) is 4.01. The Labute approximate surface area is 196 Å². The Morgan fingerprint density at radius 2 is 1.94 bits per heavy atom. The zero-order chi connectivity index (χ0) is 22.2. The fourth-order valence-corrected chi connectivity index (χ4v) is 5.42. The summed E-state index contributed by atoms with van der Waals surface area (Å²) in [6.07, 6.45) is 2.24. The maximum absolute atomic E-state index is 14.6. The van der Waals surface area contributed by atoms with Crippen LogP contribution in [0.25, 0.3) is 5.52 Å². The molecule has 0 N–H and O–H groups in total. The number of aromatic nitrogens is 2. The quantitative estimate of drug-likeness (QED) is 0.552. The second-order valence-corrected chi connectivity index (χ2v) is 9.71. The molecule has 0 bridgehead atoms. The van der Waals surface area contributed by atoms with Crippen molar-refractivity contribution in [3.05, 3.63) is 64.1 Å². The second-order valence-electron chi connectivity index (χ2n) is 8.79. The van der Waals surface area contributed by atoms with Crippen LogP contribution in [0.3, 0.4) is 0 Å². The van der Waals surface area contributed by atoms with Crippen LogP contribution in [0, 0.1) is 17.1 Å². The van der Waals surface area contributed by atoms with E-state index in [2.05, 4.69) is 73.0 Å². The van der Waals surface area contributed by atoms with Crippen LogP contribution in [-0.2, 0) is 6.42 Å². The van der Waals surface area contributed by atoms with Crippen LogP contribution in [0.5, 0.6) is 0 Å². The number of halogens is 2. The number of piperazine rings is 2. The van der Waals surface area contributed by atoms with Gasteiger partial charge in [0.1, 0.15) is 17.3 Å². The monoisotopic (exact) mass is 496 g/mol. The molecule has 2 aliphatic heterocycles. The Morgan fingerprint density at radius 1 is 1.12 bits per heavy atom. The largest absolute Gasteiger partial charge is 0.367 e. The van der Waals surface area contributed by atoms with Crippen molar-refractivity contribution >= 4 is 27.1 Å². The molecule has 2 fully saturated rings. The lowest BCUT2D eigenvalue weighted by molar-refractivity contribution is 0.0356. The zero-order valence-corrected chi connectivity index (χ0v) is 19.7. The van der Waals surface area contributed by atoms with E-state index in [0.717, 1.165) is 55.8 Å². The fraction of sp³-hybridized carbons (Fsp3) is 0.417. The lowest BCUT2D eigenvalue weighted by Gasteiger charge is -2.51. The highest BCUT2D eigenvalue weighted by Crippen LogP contribution is 2.30. The van der Waals surface area contributed by atoms with Crippen molar-refractivity contribution in [2.24, 2.45) is 0 Å². The van der Waals surface area contributed by atoms with Crippen LogP contribution in [0.1, 0.15) is 18.2 Å². The summed E-state index contributed by atoms with van der Waals surface area (Å²) in [6.45, 7) is 8.11. The molecule has 2 saturated heterocycles. The average Bonchev–Trinajstić information content (AvgIpc) is 3.19. The number of pyridine rings is 1. The summed E-state index contributed by atoms with van der Waals surface area (Å²) in [5.41, 5.74) is 2.91. The molecule has 0 saturated carbocycles. The molecule has 4 heterocycles. The summed E-state index contributed by atoms with van der Waals surface area (Å²) in [4.78, 5) is 7.42. The van der Waals surface area contributed by atoms with Crippen molar-refractivity contribution in [3.63, 3.8) is 0 Å². The van der Waals surface area contributed by atoms with Crippen molar-refractivity contribution in [1.29, 1.82) is 5.26 Å². The smallest absolute Gasteiger partial charge is 0.171 e. The van der Waals surface area contributed by atoms with Crippen molar-refractivity contribution in [3.8, 4) is 6.07 Å². The molecule has 0 amide bonds. The number of fused-ring (bicyclic) bond motifs is 2. The molecule has 0 spiro atoms. The first-order valence-electron chi connectivity index (χ1n) is 11.1. The van der Waals surface area contributed by atoms with E-state index in [1.165, 1.54) is 16.3 Å². The van der Waals surface area contributed by atoms with Crippen LogP contribution in [0.4, 0.5) is 10.1 Å². The number of hydrogen-bond donors (Lipinski definition) is 0. The topological polar surface area (TPSA) is 50.8 Å². The third-order valence-electron chi connectivity index (χ3n) is 6.77. The molecule has 3 aromatic rings. The minimum atomic E-state index is -0.382. The molecule has 2 atom stereocenters. The molecule has 2 aromatic heterocycles. The van der Waals surface area contributed by atoms with E-state index in [1.807, 2.05) is 6.07 Å². The average molecular weight is 497 g/mol. The van der Waals surface area contributed by atoms with Gasteiger partial charge in [0.05, 0.1) is 11.9 Å². The predicted molar refractivity (Wildman–Crippen MR) is 126 cm³/mol. The Balaban J connectivity index is 1.32. The molecule has 8 heteroatoms. The van der Waals surface area contributed by atoms with Gasteiger partial charge < -0.3 is 9.80 Å². The van der Waals surface area contributed by atoms with Crippen molar-refractivity contribution in [1.82, 2.24) is 19.4 Å². The summed E-state index contributed by atoms with van der Waals surface area (Å²) in [5, 5.41) is 13.4. The Hall–Kier alpha value is -2.47. The summed E-state index contributed by atoms with van der Waals surface area (Å²) >= 11 is 3.50. The highest BCUT2D eigenvalue weighted by atomic mass is 79.9. The molecule has 2 aliphatic rings. The van der Waals surface area contributed by atoms with E-state index < -0.39 is 0 Å². The minimum Gasteiger partial charge on any atom is -0.367 e. The first-order chi connectivity index (χ1) is 15.5. The highest BCUT2D eigenvalue weighted by molar-refractivity contribution is 9.10. The van der Waals surface area contributed by atoms with E-state index in [1.54, 1.807) is 6.07 Å². The molecule has 5 rings (SSSR count). The van der Waals surface area contributed by atoms with Crippen molar-refractivity contribution < 1.29 is 4.39 Å². The first-order valence-corrected chi connectivity index (χ1v) is 11.9. The SMILES string of the molecule is CC1CN(c2ccc(C#N)n3ncc(F)c23)CC2CN(CCc3ccc(Br)cc3)CCN12. The van der Waals surface area contributed by atoms with Crippen LogP contribution in [0.2, 0.25) is 0 Å². The van der Waals surface area contributed by atoms with Gasteiger partial charge in [-0.05, 0) is 43.2 Å². The van der Waals surface area contributed by atoms with E-state index in [-0.39, 0.29) is 5.82 Å². The Kier molecular flexibility index (Phi) is 5.89. The molecule has 6 nitrogen and oxygen atoms in total. The van der Waals surface area contributed by atoms with Gasteiger partial charge >= 0.3 is 0 Å². The van der Waals surface area contributed by atoms with Gasteiger partial charge in [0, 0.05) is 55.8 Å². The Morgan fingerprint density at radius 3 is 2.72 bits per heavy atom. The van der Waals surface area contributed by atoms with Crippen molar-refractivity contribution in [2.45, 2.75) is 25.4 Å².